The number of para-hydroxylation sites is 2. The number of imidazole rings is 1. The Morgan fingerprint density at radius 2 is 1.72 bits per heavy atom. The molecule has 1 heterocycles. The number of ether oxygens (including phenoxy) is 3. The number of hydrogen-bond acceptors (Lipinski definition) is 6. The fraction of sp³-hybridized carbons (Fsp3) is 0.348. The molecule has 9 heteroatoms. The highest BCUT2D eigenvalue weighted by molar-refractivity contribution is 6.01. The van der Waals surface area contributed by atoms with Gasteiger partial charge in [-0.15, -0.1) is 0 Å². The lowest BCUT2D eigenvalue weighted by molar-refractivity contribution is -0.119. The van der Waals surface area contributed by atoms with Crippen molar-refractivity contribution in [1.29, 1.82) is 0 Å². The predicted molar refractivity (Wildman–Crippen MR) is 122 cm³/mol. The Balaban J connectivity index is 1.83. The molecule has 0 saturated heterocycles. The number of benzene rings is 2. The highest BCUT2D eigenvalue weighted by Gasteiger charge is 2.28. The molecular formula is C23H28N4O5. The molecule has 0 spiro atoms. The van der Waals surface area contributed by atoms with E-state index in [0.29, 0.717) is 29.6 Å². The Morgan fingerprint density at radius 3 is 2.28 bits per heavy atom. The van der Waals surface area contributed by atoms with E-state index < -0.39 is 11.9 Å². The second-order valence-corrected chi connectivity index (χ2v) is 7.34. The van der Waals surface area contributed by atoms with Gasteiger partial charge in [0.25, 0.3) is 5.91 Å². The number of nitrogens with one attached hydrogen (secondary N) is 3. The maximum absolute atomic E-state index is 13.0. The van der Waals surface area contributed by atoms with Crippen LogP contribution in [0.15, 0.2) is 36.4 Å². The van der Waals surface area contributed by atoms with Crippen molar-refractivity contribution in [2.45, 2.75) is 26.3 Å². The quantitative estimate of drug-likeness (QED) is 0.470. The molecule has 0 unspecified atom stereocenters. The summed E-state index contributed by atoms with van der Waals surface area (Å²) < 4.78 is 15.9. The zero-order chi connectivity index (χ0) is 23.3. The average Bonchev–Trinajstić information content (AvgIpc) is 3.22. The largest absolute Gasteiger partial charge is 0.493 e. The van der Waals surface area contributed by atoms with Gasteiger partial charge in [0.15, 0.2) is 11.5 Å². The number of aromatic amines is 1. The molecule has 0 fully saturated rings. The standard InChI is InChI=1S/C23H28N4O5/c1-6-13(2)19(22(29)27-23-24-15-9-7-8-10-16(15)25-23)26-21(28)14-11-17(30-3)20(32-5)18(12-14)31-4/h7-13,19H,6H2,1-5H3,(H,26,28)(H2,24,25,27,29)/t13-,19-/m1/s1. The van der Waals surface area contributed by atoms with Crippen molar-refractivity contribution in [3.63, 3.8) is 0 Å². The number of nitrogens with zero attached hydrogens (tertiary/aromatic N) is 1. The first-order chi connectivity index (χ1) is 15.4. The molecule has 9 nitrogen and oxygen atoms in total. The first-order valence-electron chi connectivity index (χ1n) is 10.3. The summed E-state index contributed by atoms with van der Waals surface area (Å²) in [4.78, 5) is 33.5. The summed E-state index contributed by atoms with van der Waals surface area (Å²) in [6.07, 6.45) is 0.688. The second-order valence-electron chi connectivity index (χ2n) is 7.34. The van der Waals surface area contributed by atoms with Crippen LogP contribution in [0.2, 0.25) is 0 Å². The van der Waals surface area contributed by atoms with E-state index in [1.807, 2.05) is 38.1 Å². The lowest BCUT2D eigenvalue weighted by atomic mass is 9.98. The van der Waals surface area contributed by atoms with Gasteiger partial charge in [0.2, 0.25) is 17.6 Å². The minimum absolute atomic E-state index is 0.120. The van der Waals surface area contributed by atoms with Gasteiger partial charge in [-0.2, -0.15) is 0 Å². The van der Waals surface area contributed by atoms with E-state index in [1.165, 1.54) is 21.3 Å². The van der Waals surface area contributed by atoms with Crippen molar-refractivity contribution in [2.24, 2.45) is 5.92 Å². The number of anilines is 1. The summed E-state index contributed by atoms with van der Waals surface area (Å²) in [7, 11) is 4.44. The number of H-pyrrole nitrogens is 1. The molecule has 0 saturated carbocycles. The minimum atomic E-state index is -0.778. The zero-order valence-corrected chi connectivity index (χ0v) is 18.8. The first kappa shape index (κ1) is 22.9. The molecule has 0 bridgehead atoms. The molecule has 2 amide bonds. The Labute approximate surface area is 186 Å². The van der Waals surface area contributed by atoms with E-state index in [4.69, 9.17) is 14.2 Å². The van der Waals surface area contributed by atoms with Crippen molar-refractivity contribution in [2.75, 3.05) is 26.6 Å². The Bertz CT molecular complexity index is 1050. The van der Waals surface area contributed by atoms with Crippen LogP contribution in [-0.4, -0.2) is 49.2 Å². The lowest BCUT2D eigenvalue weighted by Gasteiger charge is -2.23. The van der Waals surface area contributed by atoms with Crippen molar-refractivity contribution >= 4 is 28.8 Å². The van der Waals surface area contributed by atoms with Gasteiger partial charge in [-0.3, -0.25) is 14.9 Å². The lowest BCUT2D eigenvalue weighted by Crippen LogP contribution is -2.47. The number of methoxy groups -OCH3 is 3. The summed E-state index contributed by atoms with van der Waals surface area (Å²) in [5, 5.41) is 5.61. The van der Waals surface area contributed by atoms with E-state index in [1.54, 1.807) is 12.1 Å². The Hall–Kier alpha value is -3.75. The van der Waals surface area contributed by atoms with Crippen LogP contribution in [0.25, 0.3) is 11.0 Å². The molecule has 0 aliphatic heterocycles. The number of rotatable bonds is 9. The Morgan fingerprint density at radius 1 is 1.06 bits per heavy atom. The van der Waals surface area contributed by atoms with Gasteiger partial charge in [-0.25, -0.2) is 4.98 Å². The van der Waals surface area contributed by atoms with Crippen molar-refractivity contribution in [1.82, 2.24) is 15.3 Å². The highest BCUT2D eigenvalue weighted by atomic mass is 16.5. The van der Waals surface area contributed by atoms with Crippen LogP contribution in [-0.2, 0) is 4.79 Å². The molecule has 170 valence electrons. The molecule has 0 radical (unpaired) electrons. The molecule has 1 aromatic heterocycles. The fourth-order valence-electron chi connectivity index (χ4n) is 3.35. The normalized spacial score (nSPS) is 12.7. The maximum atomic E-state index is 13.0. The number of hydrogen-bond donors (Lipinski definition) is 3. The van der Waals surface area contributed by atoms with Crippen LogP contribution >= 0.6 is 0 Å². The highest BCUT2D eigenvalue weighted by Crippen LogP contribution is 2.38. The molecule has 3 rings (SSSR count). The van der Waals surface area contributed by atoms with Crippen LogP contribution in [0.4, 0.5) is 5.95 Å². The third-order valence-electron chi connectivity index (χ3n) is 5.34. The van der Waals surface area contributed by atoms with Crippen LogP contribution in [0.5, 0.6) is 17.2 Å². The summed E-state index contributed by atoms with van der Waals surface area (Å²) in [6.45, 7) is 3.86. The Kier molecular flexibility index (Phi) is 7.19. The molecule has 2 aromatic carbocycles. The SMILES string of the molecule is CC[C@@H](C)[C@@H](NC(=O)c1cc(OC)c(OC)c(OC)c1)C(=O)Nc1nc2ccccc2[nH]1. The van der Waals surface area contributed by atoms with Gasteiger partial charge >= 0.3 is 0 Å². The van der Waals surface area contributed by atoms with Gasteiger partial charge in [-0.1, -0.05) is 32.4 Å². The number of amides is 2. The van der Waals surface area contributed by atoms with E-state index in [-0.39, 0.29) is 17.4 Å². The van der Waals surface area contributed by atoms with Gasteiger partial charge in [-0.05, 0) is 30.2 Å². The number of carbonyl (C=O) groups is 2. The monoisotopic (exact) mass is 440 g/mol. The summed E-state index contributed by atoms with van der Waals surface area (Å²) >= 11 is 0. The molecule has 2 atom stereocenters. The van der Waals surface area contributed by atoms with Crippen LogP contribution in [0.1, 0.15) is 30.6 Å². The zero-order valence-electron chi connectivity index (χ0n) is 18.8. The predicted octanol–water partition coefficient (Wildman–Crippen LogP) is 3.37. The van der Waals surface area contributed by atoms with E-state index in [0.717, 1.165) is 11.0 Å². The van der Waals surface area contributed by atoms with Gasteiger partial charge in [0, 0.05) is 5.56 Å². The summed E-state index contributed by atoms with van der Waals surface area (Å²) in [5.41, 5.74) is 1.83. The molecule has 3 N–H and O–H groups in total. The molecular weight excluding hydrogens is 412 g/mol. The minimum Gasteiger partial charge on any atom is -0.493 e. The van der Waals surface area contributed by atoms with Gasteiger partial charge < -0.3 is 24.5 Å². The fourth-order valence-corrected chi connectivity index (χ4v) is 3.35. The number of carbonyl (C=O) groups excluding carboxylic acids is 2. The summed E-state index contributed by atoms with van der Waals surface area (Å²) in [5.74, 6) is 0.491. The first-order valence-corrected chi connectivity index (χ1v) is 10.3. The average molecular weight is 441 g/mol. The number of fused-ring (bicyclic) bond motifs is 1. The van der Waals surface area contributed by atoms with Crippen molar-refractivity contribution in [3.8, 4) is 17.2 Å². The molecule has 3 aromatic rings. The smallest absolute Gasteiger partial charge is 0.252 e. The maximum Gasteiger partial charge on any atom is 0.252 e. The molecule has 0 aliphatic carbocycles. The van der Waals surface area contributed by atoms with Crippen LogP contribution in [0, 0.1) is 5.92 Å². The third-order valence-corrected chi connectivity index (χ3v) is 5.34. The van der Waals surface area contributed by atoms with Crippen molar-refractivity contribution in [3.05, 3.63) is 42.0 Å². The molecule has 0 aliphatic rings. The van der Waals surface area contributed by atoms with E-state index >= 15 is 0 Å². The van der Waals surface area contributed by atoms with Crippen molar-refractivity contribution < 1.29 is 23.8 Å². The van der Waals surface area contributed by atoms with Gasteiger partial charge in [0.05, 0.1) is 32.4 Å². The number of aromatic nitrogens is 2. The van der Waals surface area contributed by atoms with Gasteiger partial charge in [0.1, 0.15) is 6.04 Å². The topological polar surface area (TPSA) is 115 Å². The summed E-state index contributed by atoms with van der Waals surface area (Å²) in [6, 6.07) is 9.78. The third kappa shape index (κ3) is 4.77. The van der Waals surface area contributed by atoms with E-state index in [9.17, 15) is 9.59 Å². The second kappa shape index (κ2) is 10.0. The van der Waals surface area contributed by atoms with E-state index in [2.05, 4.69) is 20.6 Å². The van der Waals surface area contributed by atoms with Crippen LogP contribution < -0.4 is 24.8 Å². The molecule has 32 heavy (non-hydrogen) atoms. The van der Waals surface area contributed by atoms with Crippen LogP contribution in [0.3, 0.4) is 0 Å².